The van der Waals surface area contributed by atoms with Crippen molar-refractivity contribution in [3.8, 4) is 0 Å². The van der Waals surface area contributed by atoms with E-state index < -0.39 is 0 Å². The molecule has 2 heteroatoms. The van der Waals surface area contributed by atoms with Crippen molar-refractivity contribution >= 4 is 0 Å². The zero-order chi connectivity index (χ0) is 8.10. The summed E-state index contributed by atoms with van der Waals surface area (Å²) in [5.41, 5.74) is 1.09. The van der Waals surface area contributed by atoms with Gasteiger partial charge >= 0.3 is 0 Å². The molecule has 1 rings (SSSR count). The highest BCUT2D eigenvalue weighted by Crippen LogP contribution is 1.99. The zero-order valence-corrected chi connectivity index (χ0v) is 7.05. The third-order valence-corrected chi connectivity index (χ3v) is 1.62. The molecule has 0 aromatic heterocycles. The summed E-state index contributed by atoms with van der Waals surface area (Å²) in [6, 6.07) is 0. The van der Waals surface area contributed by atoms with E-state index in [0.717, 1.165) is 31.9 Å². The molecule has 0 unspecified atom stereocenters. The topological polar surface area (TPSA) is 12.5 Å². The van der Waals surface area contributed by atoms with Gasteiger partial charge in [0.2, 0.25) is 0 Å². The summed E-state index contributed by atoms with van der Waals surface area (Å²) >= 11 is 0. The third-order valence-electron chi connectivity index (χ3n) is 1.62. The van der Waals surface area contributed by atoms with Gasteiger partial charge in [-0.1, -0.05) is 12.2 Å². The predicted octanol–water partition coefficient (Wildman–Crippen LogP) is 1.41. The van der Waals surface area contributed by atoms with Crippen LogP contribution in [-0.4, -0.2) is 31.2 Å². The van der Waals surface area contributed by atoms with E-state index in [2.05, 4.69) is 17.7 Å². The number of hydrogen-bond acceptors (Lipinski definition) is 2. The smallest absolute Gasteiger partial charge is 0.0642 e. The second-order valence-corrected chi connectivity index (χ2v) is 2.81. The van der Waals surface area contributed by atoms with Gasteiger partial charge in [0.05, 0.1) is 13.2 Å². The lowest BCUT2D eigenvalue weighted by atomic mass is 10.3. The van der Waals surface area contributed by atoms with Crippen LogP contribution in [0, 0.1) is 0 Å². The van der Waals surface area contributed by atoms with Crippen molar-refractivity contribution in [2.75, 3.05) is 26.3 Å². The second-order valence-electron chi connectivity index (χ2n) is 2.81. The molecule has 1 saturated heterocycles. The van der Waals surface area contributed by atoms with Crippen molar-refractivity contribution < 1.29 is 4.74 Å². The first kappa shape index (κ1) is 8.34. The Bertz CT molecular complexity index is 157. The molecule has 1 heterocycles. The number of hydrogen-bond donors (Lipinski definition) is 0. The van der Waals surface area contributed by atoms with E-state index in [1.165, 1.54) is 0 Å². The van der Waals surface area contributed by atoms with Crippen LogP contribution in [0.15, 0.2) is 24.4 Å². The van der Waals surface area contributed by atoms with Gasteiger partial charge in [-0.05, 0) is 19.2 Å². The van der Waals surface area contributed by atoms with Gasteiger partial charge in [-0.15, -0.1) is 0 Å². The molecular formula is C9H15NO. The van der Waals surface area contributed by atoms with E-state index in [0.29, 0.717) is 0 Å². The quantitative estimate of drug-likeness (QED) is 0.556. The standard InChI is InChI=1S/C9H15NO/c1-9(2)3-4-10-5-7-11-8-6-10/h3-4H,1,5-8H2,2H3/b4-3+. The maximum atomic E-state index is 5.21. The maximum Gasteiger partial charge on any atom is 0.0642 e. The highest BCUT2D eigenvalue weighted by atomic mass is 16.5. The Labute approximate surface area is 68.1 Å². The molecule has 0 spiro atoms. The second kappa shape index (κ2) is 4.19. The summed E-state index contributed by atoms with van der Waals surface area (Å²) in [6.07, 6.45) is 4.12. The molecule has 0 N–H and O–H groups in total. The van der Waals surface area contributed by atoms with E-state index in [9.17, 15) is 0 Å². The summed E-state index contributed by atoms with van der Waals surface area (Å²) in [4.78, 5) is 2.25. The Morgan fingerprint density at radius 1 is 1.45 bits per heavy atom. The SMILES string of the molecule is C=C(C)/C=C/N1CCOCC1. The van der Waals surface area contributed by atoms with Gasteiger partial charge in [-0.3, -0.25) is 0 Å². The molecule has 0 aliphatic carbocycles. The lowest BCUT2D eigenvalue weighted by molar-refractivity contribution is 0.0594. The van der Waals surface area contributed by atoms with Crippen molar-refractivity contribution in [2.24, 2.45) is 0 Å². The Balaban J connectivity index is 2.29. The minimum Gasteiger partial charge on any atom is -0.378 e. The van der Waals surface area contributed by atoms with Crippen LogP contribution < -0.4 is 0 Å². The average Bonchev–Trinajstić information content (AvgIpc) is 2.03. The minimum atomic E-state index is 0.848. The van der Waals surface area contributed by atoms with Crippen LogP contribution in [0.5, 0.6) is 0 Å². The highest BCUT2D eigenvalue weighted by Gasteiger charge is 2.04. The van der Waals surface area contributed by atoms with Gasteiger partial charge in [0, 0.05) is 13.1 Å². The molecule has 2 nitrogen and oxygen atoms in total. The zero-order valence-electron chi connectivity index (χ0n) is 7.05. The first-order valence-electron chi connectivity index (χ1n) is 3.94. The molecule has 1 fully saturated rings. The molecule has 62 valence electrons. The Hall–Kier alpha value is -0.760. The van der Waals surface area contributed by atoms with Crippen molar-refractivity contribution in [2.45, 2.75) is 6.92 Å². The Morgan fingerprint density at radius 3 is 2.64 bits per heavy atom. The van der Waals surface area contributed by atoms with Crippen LogP contribution in [-0.2, 0) is 4.74 Å². The van der Waals surface area contributed by atoms with Gasteiger partial charge in [-0.25, -0.2) is 0 Å². The molecule has 0 aromatic carbocycles. The van der Waals surface area contributed by atoms with Gasteiger partial charge in [0.15, 0.2) is 0 Å². The fourth-order valence-electron chi connectivity index (χ4n) is 0.959. The number of rotatable bonds is 2. The van der Waals surface area contributed by atoms with E-state index in [4.69, 9.17) is 4.74 Å². The maximum absolute atomic E-state index is 5.21. The lowest BCUT2D eigenvalue weighted by Gasteiger charge is -2.24. The van der Waals surface area contributed by atoms with Crippen LogP contribution in [0.3, 0.4) is 0 Å². The summed E-state index contributed by atoms with van der Waals surface area (Å²) < 4.78 is 5.21. The number of morpholine rings is 1. The lowest BCUT2D eigenvalue weighted by Crippen LogP contribution is -2.31. The van der Waals surface area contributed by atoms with Crippen LogP contribution in [0.25, 0.3) is 0 Å². The molecule has 11 heavy (non-hydrogen) atoms. The van der Waals surface area contributed by atoms with Gasteiger partial charge in [0.1, 0.15) is 0 Å². The van der Waals surface area contributed by atoms with Gasteiger partial charge < -0.3 is 9.64 Å². The number of allylic oxidation sites excluding steroid dienone is 2. The molecule has 0 atom stereocenters. The fourth-order valence-corrected chi connectivity index (χ4v) is 0.959. The van der Waals surface area contributed by atoms with Gasteiger partial charge in [-0.2, -0.15) is 0 Å². The van der Waals surface area contributed by atoms with E-state index in [1.807, 2.05) is 13.0 Å². The molecular weight excluding hydrogens is 138 g/mol. The van der Waals surface area contributed by atoms with Crippen molar-refractivity contribution in [1.82, 2.24) is 4.90 Å². The largest absolute Gasteiger partial charge is 0.378 e. The average molecular weight is 153 g/mol. The van der Waals surface area contributed by atoms with Crippen molar-refractivity contribution in [3.05, 3.63) is 24.4 Å². The van der Waals surface area contributed by atoms with E-state index >= 15 is 0 Å². The van der Waals surface area contributed by atoms with Crippen LogP contribution >= 0.6 is 0 Å². The number of nitrogens with zero attached hydrogens (tertiary/aromatic N) is 1. The predicted molar refractivity (Wildman–Crippen MR) is 46.3 cm³/mol. The summed E-state index contributed by atoms with van der Waals surface area (Å²) in [5.74, 6) is 0. The third kappa shape index (κ3) is 3.23. The molecule has 1 aliphatic rings. The van der Waals surface area contributed by atoms with Crippen molar-refractivity contribution in [3.63, 3.8) is 0 Å². The van der Waals surface area contributed by atoms with Crippen LogP contribution in [0.2, 0.25) is 0 Å². The van der Waals surface area contributed by atoms with Crippen LogP contribution in [0.4, 0.5) is 0 Å². The molecule has 0 bridgehead atoms. The summed E-state index contributed by atoms with van der Waals surface area (Å²) in [6.45, 7) is 9.49. The van der Waals surface area contributed by atoms with E-state index in [-0.39, 0.29) is 0 Å². The molecule has 0 saturated carbocycles. The first-order valence-corrected chi connectivity index (χ1v) is 3.94. The number of ether oxygens (including phenoxy) is 1. The highest BCUT2D eigenvalue weighted by molar-refractivity contribution is 5.10. The summed E-state index contributed by atoms with van der Waals surface area (Å²) in [5, 5.41) is 0. The molecule has 0 radical (unpaired) electrons. The summed E-state index contributed by atoms with van der Waals surface area (Å²) in [7, 11) is 0. The monoisotopic (exact) mass is 153 g/mol. The first-order chi connectivity index (χ1) is 5.29. The Kier molecular flexibility index (Phi) is 3.17. The minimum absolute atomic E-state index is 0.848. The molecule has 0 aromatic rings. The Morgan fingerprint density at radius 2 is 2.09 bits per heavy atom. The van der Waals surface area contributed by atoms with E-state index in [1.54, 1.807) is 0 Å². The molecule has 1 aliphatic heterocycles. The van der Waals surface area contributed by atoms with Gasteiger partial charge in [0.25, 0.3) is 0 Å². The van der Waals surface area contributed by atoms with Crippen molar-refractivity contribution in [1.29, 1.82) is 0 Å². The fraction of sp³-hybridized carbons (Fsp3) is 0.556. The molecule has 0 amide bonds. The van der Waals surface area contributed by atoms with Crippen LogP contribution in [0.1, 0.15) is 6.92 Å². The normalized spacial score (nSPS) is 19.2.